The highest BCUT2D eigenvalue weighted by atomic mass is 16.5. The average molecular weight is 380 g/mol. The third-order valence-electron chi connectivity index (χ3n) is 5.29. The van der Waals surface area contributed by atoms with Crippen LogP contribution in [-0.2, 0) is 16.1 Å². The lowest BCUT2D eigenvalue weighted by Gasteiger charge is -2.28. The Morgan fingerprint density at radius 2 is 1.86 bits per heavy atom. The second kappa shape index (κ2) is 9.40. The quantitative estimate of drug-likeness (QED) is 0.760. The van der Waals surface area contributed by atoms with Crippen LogP contribution in [0.25, 0.3) is 0 Å². The molecule has 2 unspecified atom stereocenters. The molecule has 3 rings (SSSR count). The Labute approximate surface area is 166 Å². The summed E-state index contributed by atoms with van der Waals surface area (Å²) in [6.07, 6.45) is 2.18. The average Bonchev–Trinajstić information content (AvgIpc) is 3.07. The number of nitrogens with one attached hydrogen (secondary N) is 1. The number of nitrogens with zero attached hydrogens (tertiary/aromatic N) is 1. The minimum Gasteiger partial charge on any atom is -0.497 e. The first-order chi connectivity index (χ1) is 13.6. The largest absolute Gasteiger partial charge is 0.497 e. The van der Waals surface area contributed by atoms with E-state index in [4.69, 9.17) is 4.74 Å². The molecule has 1 heterocycles. The van der Waals surface area contributed by atoms with Gasteiger partial charge in [0, 0.05) is 19.5 Å². The summed E-state index contributed by atoms with van der Waals surface area (Å²) in [5.41, 5.74) is 2.02. The molecule has 0 spiro atoms. The minimum absolute atomic E-state index is 0.0501. The smallest absolute Gasteiger partial charge is 0.226 e. The van der Waals surface area contributed by atoms with Gasteiger partial charge in [0.15, 0.2) is 0 Å². The van der Waals surface area contributed by atoms with E-state index >= 15 is 0 Å². The number of amides is 2. The van der Waals surface area contributed by atoms with Gasteiger partial charge in [-0.15, -0.1) is 0 Å². The van der Waals surface area contributed by atoms with E-state index in [9.17, 15) is 9.59 Å². The molecule has 28 heavy (non-hydrogen) atoms. The van der Waals surface area contributed by atoms with E-state index in [0.717, 1.165) is 29.7 Å². The van der Waals surface area contributed by atoms with Crippen LogP contribution in [-0.4, -0.2) is 30.4 Å². The van der Waals surface area contributed by atoms with Crippen molar-refractivity contribution in [1.29, 1.82) is 0 Å². The normalized spacial score (nSPS) is 18.9. The van der Waals surface area contributed by atoms with Gasteiger partial charge in [0.1, 0.15) is 5.75 Å². The van der Waals surface area contributed by atoms with Crippen LogP contribution in [0.3, 0.4) is 0 Å². The van der Waals surface area contributed by atoms with Crippen LogP contribution in [0.2, 0.25) is 0 Å². The molecular weight excluding hydrogens is 352 g/mol. The molecule has 0 aliphatic carbocycles. The standard InChI is InChI=1S/C23H28N2O3/c1-3-4-14-25-21(26)15-20(22(25)18-10-12-19(28-2)13-11-18)23(27)24-16-17-8-6-5-7-9-17/h5-13,20,22H,3-4,14-16H2,1-2H3,(H,24,27). The van der Waals surface area contributed by atoms with Crippen molar-refractivity contribution >= 4 is 11.8 Å². The molecule has 0 aromatic heterocycles. The Hall–Kier alpha value is -2.82. The van der Waals surface area contributed by atoms with Gasteiger partial charge in [-0.2, -0.15) is 0 Å². The number of unbranched alkanes of at least 4 members (excludes halogenated alkanes) is 1. The molecule has 0 saturated carbocycles. The number of methoxy groups -OCH3 is 1. The summed E-state index contributed by atoms with van der Waals surface area (Å²) in [5.74, 6) is 0.353. The Balaban J connectivity index is 1.80. The fourth-order valence-corrected chi connectivity index (χ4v) is 3.75. The first-order valence-corrected chi connectivity index (χ1v) is 9.89. The van der Waals surface area contributed by atoms with Gasteiger partial charge in [0.2, 0.25) is 11.8 Å². The summed E-state index contributed by atoms with van der Waals surface area (Å²) in [7, 11) is 1.63. The van der Waals surface area contributed by atoms with E-state index in [0.29, 0.717) is 13.1 Å². The first-order valence-electron chi connectivity index (χ1n) is 9.89. The number of likely N-dealkylation sites (tertiary alicyclic amines) is 1. The summed E-state index contributed by atoms with van der Waals surface area (Å²) >= 11 is 0. The molecule has 2 aromatic carbocycles. The third-order valence-corrected chi connectivity index (χ3v) is 5.29. The van der Waals surface area contributed by atoms with E-state index in [-0.39, 0.29) is 30.2 Å². The molecule has 2 amide bonds. The van der Waals surface area contributed by atoms with Crippen LogP contribution in [0.5, 0.6) is 5.75 Å². The van der Waals surface area contributed by atoms with Crippen molar-refractivity contribution in [2.24, 2.45) is 5.92 Å². The van der Waals surface area contributed by atoms with E-state index in [2.05, 4.69) is 12.2 Å². The molecule has 2 aromatic rings. The monoisotopic (exact) mass is 380 g/mol. The molecule has 1 aliphatic rings. The highest BCUT2D eigenvalue weighted by molar-refractivity contribution is 5.90. The lowest BCUT2D eigenvalue weighted by molar-refractivity contribution is -0.129. The summed E-state index contributed by atoms with van der Waals surface area (Å²) in [5, 5.41) is 3.02. The SMILES string of the molecule is CCCCN1C(=O)CC(C(=O)NCc2ccccc2)C1c1ccc(OC)cc1. The lowest BCUT2D eigenvalue weighted by atomic mass is 9.92. The first kappa shape index (κ1) is 19.9. The fourth-order valence-electron chi connectivity index (χ4n) is 3.75. The zero-order valence-electron chi connectivity index (χ0n) is 16.6. The van der Waals surface area contributed by atoms with Gasteiger partial charge >= 0.3 is 0 Å². The van der Waals surface area contributed by atoms with Gasteiger partial charge in [-0.3, -0.25) is 9.59 Å². The van der Waals surface area contributed by atoms with Gasteiger partial charge in [-0.25, -0.2) is 0 Å². The van der Waals surface area contributed by atoms with Crippen molar-refractivity contribution in [3.8, 4) is 5.75 Å². The van der Waals surface area contributed by atoms with Crippen molar-refractivity contribution in [3.63, 3.8) is 0 Å². The van der Waals surface area contributed by atoms with Crippen LogP contribution in [0.15, 0.2) is 54.6 Å². The maximum atomic E-state index is 13.0. The topological polar surface area (TPSA) is 58.6 Å². The van der Waals surface area contributed by atoms with Crippen LogP contribution in [0.1, 0.15) is 43.4 Å². The zero-order chi connectivity index (χ0) is 19.9. The Morgan fingerprint density at radius 3 is 2.50 bits per heavy atom. The molecular formula is C23H28N2O3. The molecule has 5 heteroatoms. The molecule has 0 bridgehead atoms. The second-order valence-electron chi connectivity index (χ2n) is 7.17. The molecule has 1 N–H and O–H groups in total. The van der Waals surface area contributed by atoms with Gasteiger partial charge < -0.3 is 15.0 Å². The lowest BCUT2D eigenvalue weighted by Crippen LogP contribution is -2.35. The molecule has 1 fully saturated rings. The predicted molar refractivity (Wildman–Crippen MR) is 109 cm³/mol. The number of hydrogen-bond donors (Lipinski definition) is 1. The summed E-state index contributed by atoms with van der Waals surface area (Å²) in [6.45, 7) is 3.25. The number of carbonyl (C=O) groups excluding carboxylic acids is 2. The number of ether oxygens (including phenoxy) is 1. The predicted octanol–water partition coefficient (Wildman–Crippen LogP) is 3.70. The van der Waals surface area contributed by atoms with Crippen LogP contribution in [0, 0.1) is 5.92 Å². The molecule has 148 valence electrons. The molecule has 1 aliphatic heterocycles. The van der Waals surface area contributed by atoms with E-state index < -0.39 is 0 Å². The Kier molecular flexibility index (Phi) is 6.69. The van der Waals surface area contributed by atoms with E-state index in [1.807, 2.05) is 59.5 Å². The zero-order valence-corrected chi connectivity index (χ0v) is 16.6. The van der Waals surface area contributed by atoms with Gasteiger partial charge in [0.25, 0.3) is 0 Å². The van der Waals surface area contributed by atoms with E-state index in [1.54, 1.807) is 7.11 Å². The van der Waals surface area contributed by atoms with Crippen molar-refractivity contribution in [2.45, 2.75) is 38.8 Å². The van der Waals surface area contributed by atoms with Crippen molar-refractivity contribution in [2.75, 3.05) is 13.7 Å². The third kappa shape index (κ3) is 4.53. The Bertz CT molecular complexity index is 789. The summed E-state index contributed by atoms with van der Waals surface area (Å²) in [4.78, 5) is 27.5. The highest BCUT2D eigenvalue weighted by Gasteiger charge is 2.44. The number of benzene rings is 2. The van der Waals surface area contributed by atoms with Gasteiger partial charge in [-0.1, -0.05) is 55.8 Å². The molecule has 0 radical (unpaired) electrons. The van der Waals surface area contributed by atoms with Crippen LogP contribution < -0.4 is 10.1 Å². The Morgan fingerprint density at radius 1 is 1.14 bits per heavy atom. The van der Waals surface area contributed by atoms with Crippen LogP contribution in [0.4, 0.5) is 0 Å². The number of rotatable bonds is 8. The van der Waals surface area contributed by atoms with Crippen molar-refractivity contribution in [3.05, 3.63) is 65.7 Å². The van der Waals surface area contributed by atoms with Gasteiger partial charge in [0.05, 0.1) is 19.1 Å². The summed E-state index contributed by atoms with van der Waals surface area (Å²) in [6, 6.07) is 17.3. The number of hydrogen-bond acceptors (Lipinski definition) is 3. The molecule has 2 atom stereocenters. The number of carbonyl (C=O) groups is 2. The molecule has 1 saturated heterocycles. The fraction of sp³-hybridized carbons (Fsp3) is 0.391. The van der Waals surface area contributed by atoms with Crippen LogP contribution >= 0.6 is 0 Å². The second-order valence-corrected chi connectivity index (χ2v) is 7.17. The minimum atomic E-state index is -0.388. The highest BCUT2D eigenvalue weighted by Crippen LogP contribution is 2.39. The maximum Gasteiger partial charge on any atom is 0.226 e. The maximum absolute atomic E-state index is 13.0. The van der Waals surface area contributed by atoms with Gasteiger partial charge in [-0.05, 0) is 29.7 Å². The van der Waals surface area contributed by atoms with E-state index in [1.165, 1.54) is 0 Å². The van der Waals surface area contributed by atoms with Crippen molar-refractivity contribution in [1.82, 2.24) is 10.2 Å². The molecule has 5 nitrogen and oxygen atoms in total. The van der Waals surface area contributed by atoms with Crippen molar-refractivity contribution < 1.29 is 14.3 Å². The summed E-state index contributed by atoms with van der Waals surface area (Å²) < 4.78 is 5.25.